The maximum atomic E-state index is 11.7. The third-order valence-electron chi connectivity index (χ3n) is 2.25. The molecule has 0 aromatic carbocycles. The van der Waals surface area contributed by atoms with Crippen molar-refractivity contribution in [2.24, 2.45) is 0 Å². The van der Waals surface area contributed by atoms with Gasteiger partial charge in [-0.2, -0.15) is 0 Å². The Labute approximate surface area is 103 Å². The van der Waals surface area contributed by atoms with Gasteiger partial charge < -0.3 is 5.32 Å². The molecule has 1 aromatic heterocycles. The van der Waals surface area contributed by atoms with Gasteiger partial charge in [-0.25, -0.2) is 0 Å². The van der Waals surface area contributed by atoms with E-state index in [4.69, 9.17) is 0 Å². The van der Waals surface area contributed by atoms with Crippen LogP contribution in [-0.4, -0.2) is 17.3 Å². The quantitative estimate of drug-likeness (QED) is 0.828. The summed E-state index contributed by atoms with van der Waals surface area (Å²) in [5, 5.41) is 4.88. The average Bonchev–Trinajstić information content (AvgIpc) is 2.64. The van der Waals surface area contributed by atoms with E-state index >= 15 is 0 Å². The minimum absolute atomic E-state index is 0.0540. The summed E-state index contributed by atoms with van der Waals surface area (Å²) >= 11 is 5.04. The van der Waals surface area contributed by atoms with Crippen LogP contribution in [0.1, 0.15) is 35.0 Å². The first-order chi connectivity index (χ1) is 7.15. The zero-order valence-corrected chi connectivity index (χ0v) is 11.5. The van der Waals surface area contributed by atoms with Gasteiger partial charge in [0.05, 0.1) is 4.88 Å². The molecule has 0 aliphatic rings. The van der Waals surface area contributed by atoms with Gasteiger partial charge in [0.25, 0.3) is 5.91 Å². The molecule has 0 aliphatic heterocycles. The van der Waals surface area contributed by atoms with Crippen molar-refractivity contribution >= 4 is 33.2 Å². The number of halogens is 1. The number of alkyl halides is 1. The van der Waals surface area contributed by atoms with Crippen LogP contribution >= 0.6 is 27.3 Å². The number of rotatable bonds is 5. The summed E-state index contributed by atoms with van der Waals surface area (Å²) in [6.45, 7) is 4.83. The second-order valence-corrected chi connectivity index (χ2v) is 5.69. The molecule has 4 heteroatoms. The fourth-order valence-electron chi connectivity index (χ4n) is 1.23. The highest BCUT2D eigenvalue weighted by Crippen LogP contribution is 2.15. The number of hydrogen-bond acceptors (Lipinski definition) is 2. The van der Waals surface area contributed by atoms with Crippen molar-refractivity contribution in [3.8, 4) is 0 Å². The Kier molecular flexibility index (Phi) is 5.32. The van der Waals surface area contributed by atoms with E-state index in [9.17, 15) is 4.79 Å². The Bertz CT molecular complexity index is 324. The highest BCUT2D eigenvalue weighted by molar-refractivity contribution is 9.09. The number of amides is 1. The van der Waals surface area contributed by atoms with Gasteiger partial charge in [0.1, 0.15) is 0 Å². The summed E-state index contributed by atoms with van der Waals surface area (Å²) in [6, 6.07) is 1.97. The molecular weight excluding hydrogens is 274 g/mol. The van der Waals surface area contributed by atoms with Crippen LogP contribution in [0.3, 0.4) is 0 Å². The predicted octanol–water partition coefficient (Wildman–Crippen LogP) is 3.35. The monoisotopic (exact) mass is 289 g/mol. The predicted molar refractivity (Wildman–Crippen MR) is 69.0 cm³/mol. The third kappa shape index (κ3) is 3.95. The first-order valence-corrected chi connectivity index (χ1v) is 6.91. The Morgan fingerprint density at radius 1 is 1.67 bits per heavy atom. The molecule has 1 rings (SSSR count). The number of hydrogen-bond donors (Lipinski definition) is 1. The Balaban J connectivity index is 2.34. The van der Waals surface area contributed by atoms with Crippen LogP contribution in [-0.2, 0) is 0 Å². The van der Waals surface area contributed by atoms with Crippen molar-refractivity contribution < 1.29 is 4.79 Å². The van der Waals surface area contributed by atoms with E-state index in [1.165, 1.54) is 11.3 Å². The number of thiophene rings is 1. The summed E-state index contributed by atoms with van der Waals surface area (Å²) in [7, 11) is 0. The number of nitrogens with one attached hydrogen (secondary N) is 1. The largest absolute Gasteiger partial charge is 0.351 e. The van der Waals surface area contributed by atoms with Crippen LogP contribution in [0, 0.1) is 6.92 Å². The molecule has 1 aromatic rings. The standard InChI is InChI=1S/C11H16BrNOS/c1-3-9(12)4-6-13-11(14)10-8(2)5-7-15-10/h5,7,9H,3-4,6H2,1-2H3,(H,13,14). The zero-order valence-electron chi connectivity index (χ0n) is 9.05. The number of aryl methyl sites for hydroxylation is 1. The molecule has 0 fully saturated rings. The van der Waals surface area contributed by atoms with Crippen LogP contribution in [0.15, 0.2) is 11.4 Å². The number of carbonyl (C=O) groups is 1. The lowest BCUT2D eigenvalue weighted by Crippen LogP contribution is -2.25. The first kappa shape index (κ1) is 12.7. The van der Waals surface area contributed by atoms with Crippen LogP contribution in [0.25, 0.3) is 0 Å². The van der Waals surface area contributed by atoms with Gasteiger partial charge in [0.2, 0.25) is 0 Å². The average molecular weight is 290 g/mol. The molecule has 0 bridgehead atoms. The Morgan fingerprint density at radius 3 is 2.93 bits per heavy atom. The maximum Gasteiger partial charge on any atom is 0.261 e. The minimum atomic E-state index is 0.0540. The molecule has 1 N–H and O–H groups in total. The highest BCUT2D eigenvalue weighted by Gasteiger charge is 2.09. The highest BCUT2D eigenvalue weighted by atomic mass is 79.9. The lowest BCUT2D eigenvalue weighted by atomic mass is 10.2. The molecule has 15 heavy (non-hydrogen) atoms. The normalized spacial score (nSPS) is 12.5. The smallest absolute Gasteiger partial charge is 0.261 e. The van der Waals surface area contributed by atoms with E-state index < -0.39 is 0 Å². The van der Waals surface area contributed by atoms with Crippen molar-refractivity contribution in [2.75, 3.05) is 6.54 Å². The molecule has 0 aliphatic carbocycles. The SMILES string of the molecule is CCC(Br)CCNC(=O)c1sccc1C. The summed E-state index contributed by atoms with van der Waals surface area (Å²) in [6.07, 6.45) is 2.07. The van der Waals surface area contributed by atoms with Gasteiger partial charge >= 0.3 is 0 Å². The minimum Gasteiger partial charge on any atom is -0.351 e. The first-order valence-electron chi connectivity index (χ1n) is 5.11. The summed E-state index contributed by atoms with van der Waals surface area (Å²) in [5.41, 5.74) is 1.06. The summed E-state index contributed by atoms with van der Waals surface area (Å²) in [4.78, 5) is 13.0. The molecular formula is C11H16BrNOS. The van der Waals surface area contributed by atoms with Crippen LogP contribution < -0.4 is 5.32 Å². The van der Waals surface area contributed by atoms with Crippen LogP contribution in [0.4, 0.5) is 0 Å². The fourth-order valence-corrected chi connectivity index (χ4v) is 2.30. The molecule has 84 valence electrons. The van der Waals surface area contributed by atoms with Crippen LogP contribution in [0.5, 0.6) is 0 Å². The topological polar surface area (TPSA) is 29.1 Å². The maximum absolute atomic E-state index is 11.7. The lowest BCUT2D eigenvalue weighted by Gasteiger charge is -2.07. The molecule has 0 spiro atoms. The van der Waals surface area contributed by atoms with Crippen molar-refractivity contribution in [2.45, 2.75) is 31.5 Å². The van der Waals surface area contributed by atoms with Crippen LogP contribution in [0.2, 0.25) is 0 Å². The van der Waals surface area contributed by atoms with E-state index in [0.29, 0.717) is 4.83 Å². The number of carbonyl (C=O) groups excluding carboxylic acids is 1. The van der Waals surface area contributed by atoms with Gasteiger partial charge in [0, 0.05) is 11.4 Å². The molecule has 1 amide bonds. The van der Waals surface area contributed by atoms with Crippen molar-refractivity contribution in [3.63, 3.8) is 0 Å². The molecule has 1 unspecified atom stereocenters. The fraction of sp³-hybridized carbons (Fsp3) is 0.545. The van der Waals surface area contributed by atoms with Crippen molar-refractivity contribution in [1.82, 2.24) is 5.32 Å². The second-order valence-electron chi connectivity index (χ2n) is 3.48. The summed E-state index contributed by atoms with van der Waals surface area (Å²) in [5.74, 6) is 0.0540. The van der Waals surface area contributed by atoms with E-state index in [1.54, 1.807) is 0 Å². The molecule has 1 heterocycles. The van der Waals surface area contributed by atoms with E-state index in [0.717, 1.165) is 29.8 Å². The van der Waals surface area contributed by atoms with E-state index in [-0.39, 0.29) is 5.91 Å². The zero-order chi connectivity index (χ0) is 11.3. The van der Waals surface area contributed by atoms with Gasteiger partial charge in [-0.1, -0.05) is 22.9 Å². The van der Waals surface area contributed by atoms with Gasteiger partial charge in [-0.05, 0) is 36.8 Å². The van der Waals surface area contributed by atoms with Crippen molar-refractivity contribution in [3.05, 3.63) is 21.9 Å². The second kappa shape index (κ2) is 6.28. The Hall–Kier alpha value is -0.350. The molecule has 2 nitrogen and oxygen atoms in total. The Morgan fingerprint density at radius 2 is 2.40 bits per heavy atom. The van der Waals surface area contributed by atoms with E-state index in [2.05, 4.69) is 28.2 Å². The summed E-state index contributed by atoms with van der Waals surface area (Å²) < 4.78 is 0. The van der Waals surface area contributed by atoms with E-state index in [1.807, 2.05) is 18.4 Å². The third-order valence-corrected chi connectivity index (χ3v) is 4.37. The molecule has 0 saturated carbocycles. The van der Waals surface area contributed by atoms with Crippen molar-refractivity contribution in [1.29, 1.82) is 0 Å². The molecule has 1 atom stereocenters. The van der Waals surface area contributed by atoms with Gasteiger partial charge in [-0.15, -0.1) is 11.3 Å². The van der Waals surface area contributed by atoms with Gasteiger partial charge in [-0.3, -0.25) is 4.79 Å². The lowest BCUT2D eigenvalue weighted by molar-refractivity contribution is 0.0956. The molecule has 0 radical (unpaired) electrons. The van der Waals surface area contributed by atoms with Gasteiger partial charge in [0.15, 0.2) is 0 Å². The molecule has 0 saturated heterocycles.